The lowest BCUT2D eigenvalue weighted by Crippen LogP contribution is -2.56. The number of hydrogen-bond acceptors (Lipinski definition) is 9. The molecule has 0 aliphatic carbocycles. The maximum atomic E-state index is 13.6. The minimum atomic E-state index is -0.579. The quantitative estimate of drug-likeness (QED) is 0.0841. The topological polar surface area (TPSA) is 115 Å². The molecule has 2 fully saturated rings. The predicted molar refractivity (Wildman–Crippen MR) is 306 cm³/mol. The van der Waals surface area contributed by atoms with Gasteiger partial charge < -0.3 is 39.3 Å². The smallest absolute Gasteiger partial charge is 0.268 e. The zero-order chi connectivity index (χ0) is 53.7. The van der Waals surface area contributed by atoms with E-state index in [0.29, 0.717) is 66.4 Å². The normalized spacial score (nSPS) is 17.2. The molecule has 15 heteroatoms. The molecule has 0 aromatic heterocycles. The van der Waals surface area contributed by atoms with Crippen LogP contribution in [-0.2, 0) is 19.2 Å². The highest BCUT2D eigenvalue weighted by molar-refractivity contribution is 6.66. The number of rotatable bonds is 14. The van der Waals surface area contributed by atoms with Gasteiger partial charge in [-0.3, -0.25) is 19.2 Å². The van der Waals surface area contributed by atoms with E-state index in [4.69, 9.17) is 44.3 Å². The summed E-state index contributed by atoms with van der Waals surface area (Å²) >= 11 is 18.5. The van der Waals surface area contributed by atoms with E-state index in [-0.39, 0.29) is 23.6 Å². The van der Waals surface area contributed by atoms with Gasteiger partial charge in [0.2, 0.25) is 11.1 Å². The third-order valence-corrected chi connectivity index (χ3v) is 14.7. The highest BCUT2D eigenvalue weighted by Gasteiger charge is 2.40. The average molecular weight is 1070 g/mol. The standard InChI is InChI=1S/C30H32ClN3O3.C27H30ClN3O2.C3H3ClO/c1-5-29(35)33-16-20(17-33)18-34-26-15-25(31)24(14-28(26)37-27(30(34)36)10-11-32(3)4)23-13-19(2)12-21-8-6-7-9-22(21)23;1-17-10-19-6-4-5-7-20(19)21(11-17)22-12-26-24(13-23(22)28)31(16-18-14-29-15-18)27(32)25(33-26)8-9-30(2)3;1-2-3(4)5/h5-9,12-15,20,27H,1,10-11,16-18H2,2-4H3;4-7,10-13,18,25,29H,8-9,14-16H2,1-3H3;2H,1H2/t27-;25-;/m11./s1. The Labute approximate surface area is 455 Å². The van der Waals surface area contributed by atoms with Crippen molar-refractivity contribution in [1.29, 1.82) is 0 Å². The number of benzene rings is 6. The van der Waals surface area contributed by atoms with Crippen molar-refractivity contribution in [3.63, 3.8) is 0 Å². The molecule has 0 saturated carbocycles. The van der Waals surface area contributed by atoms with Crippen molar-refractivity contribution in [1.82, 2.24) is 20.0 Å². The molecule has 2 atom stereocenters. The van der Waals surface area contributed by atoms with E-state index in [1.54, 1.807) is 4.90 Å². The molecule has 2 saturated heterocycles. The second-order valence-electron chi connectivity index (χ2n) is 20.3. The molecule has 0 spiro atoms. The Morgan fingerprint density at radius 2 is 1.07 bits per heavy atom. The van der Waals surface area contributed by atoms with E-state index >= 15 is 0 Å². The summed E-state index contributed by atoms with van der Waals surface area (Å²) in [5.41, 5.74) is 7.72. The van der Waals surface area contributed by atoms with E-state index in [1.807, 2.05) is 85.4 Å². The van der Waals surface area contributed by atoms with Gasteiger partial charge in [-0.05, 0) is 134 Å². The number of amides is 3. The minimum absolute atomic E-state index is 0.0288. The van der Waals surface area contributed by atoms with Gasteiger partial charge in [0.05, 0.1) is 21.4 Å². The third kappa shape index (κ3) is 12.7. The van der Waals surface area contributed by atoms with Crippen LogP contribution in [0, 0.1) is 25.7 Å². The van der Waals surface area contributed by atoms with Crippen molar-refractivity contribution in [2.24, 2.45) is 11.8 Å². The summed E-state index contributed by atoms with van der Waals surface area (Å²) in [4.78, 5) is 57.9. The monoisotopic (exact) mass is 1070 g/mol. The number of halogens is 3. The van der Waals surface area contributed by atoms with Crippen molar-refractivity contribution in [2.75, 3.05) is 90.3 Å². The second-order valence-corrected chi connectivity index (χ2v) is 21.5. The van der Waals surface area contributed by atoms with Crippen molar-refractivity contribution in [2.45, 2.75) is 38.9 Å². The van der Waals surface area contributed by atoms with Gasteiger partial charge in [-0.1, -0.05) is 109 Å². The van der Waals surface area contributed by atoms with E-state index in [1.165, 1.54) is 17.0 Å². The van der Waals surface area contributed by atoms with Crippen molar-refractivity contribution >= 4 is 90.7 Å². The lowest BCUT2D eigenvalue weighted by Gasteiger charge is -2.43. The highest BCUT2D eigenvalue weighted by Crippen LogP contribution is 2.46. The number of likely N-dealkylation sites (tertiary alicyclic amines) is 1. The summed E-state index contributed by atoms with van der Waals surface area (Å²) in [5.74, 6) is 1.92. The van der Waals surface area contributed by atoms with Crippen LogP contribution in [0.5, 0.6) is 11.5 Å². The molecular weight excluding hydrogens is 1010 g/mol. The lowest BCUT2D eigenvalue weighted by atomic mass is 9.94. The number of carbonyl (C=O) groups excluding carboxylic acids is 4. The van der Waals surface area contributed by atoms with Crippen LogP contribution in [0.4, 0.5) is 11.4 Å². The maximum absolute atomic E-state index is 13.6. The summed E-state index contributed by atoms with van der Waals surface area (Å²) in [6.07, 6.45) is 2.54. The maximum Gasteiger partial charge on any atom is 0.268 e. The Kier molecular flexibility index (Phi) is 17.7. The molecule has 0 unspecified atom stereocenters. The van der Waals surface area contributed by atoms with Gasteiger partial charge in [0.15, 0.2) is 12.2 Å². The fourth-order valence-electron chi connectivity index (χ4n) is 9.95. The van der Waals surface area contributed by atoms with Crippen LogP contribution in [0.3, 0.4) is 0 Å². The van der Waals surface area contributed by atoms with E-state index in [9.17, 15) is 19.2 Å². The number of anilines is 2. The van der Waals surface area contributed by atoms with E-state index in [0.717, 1.165) is 87.7 Å². The fourth-order valence-corrected chi connectivity index (χ4v) is 10.5. The van der Waals surface area contributed by atoms with E-state index < -0.39 is 17.5 Å². The van der Waals surface area contributed by atoms with Crippen LogP contribution < -0.4 is 24.6 Å². The first kappa shape index (κ1) is 55.0. The number of hydrogen-bond donors (Lipinski definition) is 1. The first-order chi connectivity index (χ1) is 35.9. The van der Waals surface area contributed by atoms with Crippen LogP contribution in [-0.4, -0.2) is 130 Å². The summed E-state index contributed by atoms with van der Waals surface area (Å²) in [6.45, 7) is 16.6. The first-order valence-electron chi connectivity index (χ1n) is 25.3. The zero-order valence-electron chi connectivity index (χ0n) is 43.5. The molecule has 3 amide bonds. The number of carbonyl (C=O) groups is 4. The van der Waals surface area contributed by atoms with Gasteiger partial charge in [0, 0.05) is 88.2 Å². The molecule has 6 aromatic rings. The van der Waals surface area contributed by atoms with Gasteiger partial charge in [-0.25, -0.2) is 0 Å². The Hall–Kier alpha value is -6.25. The second kappa shape index (κ2) is 24.2. The molecule has 4 aliphatic heterocycles. The Morgan fingerprint density at radius 3 is 1.45 bits per heavy atom. The number of nitrogens with zero attached hydrogens (tertiary/aromatic N) is 5. The summed E-state index contributed by atoms with van der Waals surface area (Å²) < 4.78 is 12.7. The van der Waals surface area contributed by atoms with Gasteiger partial charge in [-0.2, -0.15) is 0 Å². The molecule has 0 bridgehead atoms. The van der Waals surface area contributed by atoms with Crippen LogP contribution in [0.1, 0.15) is 24.0 Å². The molecule has 4 heterocycles. The van der Waals surface area contributed by atoms with Crippen LogP contribution in [0.15, 0.2) is 122 Å². The van der Waals surface area contributed by atoms with Gasteiger partial charge in [0.25, 0.3) is 11.8 Å². The molecule has 0 radical (unpaired) electrons. The van der Waals surface area contributed by atoms with Crippen LogP contribution >= 0.6 is 34.8 Å². The van der Waals surface area contributed by atoms with Crippen molar-refractivity contribution < 1.29 is 28.7 Å². The molecule has 6 aromatic carbocycles. The highest BCUT2D eigenvalue weighted by atomic mass is 35.5. The fraction of sp³-hybridized carbons (Fsp3) is 0.333. The number of nitrogens with one attached hydrogen (secondary N) is 1. The number of ether oxygens (including phenoxy) is 2. The molecule has 4 aliphatic rings. The third-order valence-electron chi connectivity index (χ3n) is 13.9. The zero-order valence-corrected chi connectivity index (χ0v) is 45.8. The van der Waals surface area contributed by atoms with Crippen LogP contribution in [0.25, 0.3) is 43.8 Å². The van der Waals surface area contributed by atoms with Crippen molar-refractivity contribution in [3.05, 3.63) is 144 Å². The largest absolute Gasteiger partial charge is 0.478 e. The molecule has 75 heavy (non-hydrogen) atoms. The van der Waals surface area contributed by atoms with Crippen molar-refractivity contribution in [3.8, 4) is 33.8 Å². The van der Waals surface area contributed by atoms with Gasteiger partial charge in [-0.15, -0.1) is 0 Å². The number of allylic oxidation sites excluding steroid dienone is 1. The van der Waals surface area contributed by atoms with Gasteiger partial charge in [0.1, 0.15) is 11.5 Å². The van der Waals surface area contributed by atoms with Crippen LogP contribution in [0.2, 0.25) is 10.0 Å². The molecule has 10 rings (SSSR count). The first-order valence-corrected chi connectivity index (χ1v) is 26.4. The molecule has 12 nitrogen and oxygen atoms in total. The summed E-state index contributed by atoms with van der Waals surface area (Å²) in [6, 6.07) is 33.1. The lowest BCUT2D eigenvalue weighted by molar-refractivity contribution is -0.132. The molecular formula is C60H65Cl3N6O6. The van der Waals surface area contributed by atoms with Gasteiger partial charge >= 0.3 is 0 Å². The Morgan fingerprint density at radius 1 is 0.640 bits per heavy atom. The number of aryl methyl sites for hydroxylation is 2. The predicted octanol–water partition coefficient (Wildman–Crippen LogP) is 10.8. The molecule has 1 N–H and O–H groups in total. The average Bonchev–Trinajstić information content (AvgIpc) is 3.36. The Balaban J connectivity index is 0.000000184. The minimum Gasteiger partial charge on any atom is -0.478 e. The molecule has 392 valence electrons. The Bertz CT molecular complexity index is 3150. The number of fused-ring (bicyclic) bond motifs is 4. The van der Waals surface area contributed by atoms with E-state index in [2.05, 4.69) is 91.8 Å². The summed E-state index contributed by atoms with van der Waals surface area (Å²) in [7, 11) is 8.00. The summed E-state index contributed by atoms with van der Waals surface area (Å²) in [5, 5.41) is 8.59. The SMILES string of the molecule is C=CC(=O)Cl.C=CC(=O)N1CC(CN2C(=O)[C@@H](CCN(C)C)Oc3cc(-c4cc(C)cc5ccccc45)c(Cl)cc32)C1.Cc1cc(-c2cc3c(cc2Cl)N(CC2CNC2)C(=O)[C@@H](CCN(C)C)O3)c2ccccc2c1.